The van der Waals surface area contributed by atoms with Gasteiger partial charge in [0.2, 0.25) is 0 Å². The molecule has 0 atom stereocenters. The Balaban J connectivity index is 1.95. The molecule has 0 radical (unpaired) electrons. The molecule has 2 aromatic rings. The Morgan fingerprint density at radius 1 is 0.864 bits per heavy atom. The second-order valence-electron chi connectivity index (χ2n) is 5.55. The van der Waals surface area contributed by atoms with Gasteiger partial charge in [-0.15, -0.1) is 0 Å². The largest absolute Gasteiger partial charge is 0.278 e. The van der Waals surface area contributed by atoms with Crippen LogP contribution in [0.1, 0.15) is 18.1 Å². The first-order chi connectivity index (χ1) is 10.8. The molecule has 0 aromatic heterocycles. The van der Waals surface area contributed by atoms with Gasteiger partial charge in [-0.1, -0.05) is 48.9 Å². The quantitative estimate of drug-likeness (QED) is 0.795. The topological polar surface area (TPSA) is 6.48 Å². The molecule has 22 heavy (non-hydrogen) atoms. The molecule has 3 rings (SSSR count). The van der Waals surface area contributed by atoms with Crippen molar-refractivity contribution in [1.29, 1.82) is 0 Å². The van der Waals surface area contributed by atoms with Crippen molar-refractivity contribution < 1.29 is 0 Å². The van der Waals surface area contributed by atoms with Gasteiger partial charge in [0, 0.05) is 6.20 Å². The van der Waals surface area contributed by atoms with E-state index < -0.39 is 0 Å². The van der Waals surface area contributed by atoms with Crippen molar-refractivity contribution >= 4 is 11.4 Å². The normalized spacial score (nSPS) is 14.3. The second-order valence-corrected chi connectivity index (χ2v) is 5.55. The summed E-state index contributed by atoms with van der Waals surface area (Å²) in [6.45, 7) is 5.15. The third-order valence-corrected chi connectivity index (χ3v) is 3.95. The molecule has 0 N–H and O–H groups in total. The zero-order chi connectivity index (χ0) is 15.4. The van der Waals surface area contributed by atoms with E-state index in [4.69, 9.17) is 0 Å². The van der Waals surface area contributed by atoms with E-state index in [2.05, 4.69) is 96.8 Å². The van der Waals surface area contributed by atoms with E-state index in [9.17, 15) is 0 Å². The van der Waals surface area contributed by atoms with Crippen LogP contribution in [0.3, 0.4) is 0 Å². The Hall–Kier alpha value is -2.48. The number of hydrazine groups is 1. The Bertz CT molecular complexity index is 666. The number of aryl methyl sites for hydroxylation is 2. The molecule has 0 fully saturated rings. The van der Waals surface area contributed by atoms with Crippen LogP contribution in [-0.2, 0) is 6.42 Å². The first-order valence-corrected chi connectivity index (χ1v) is 7.83. The molecular weight excluding hydrogens is 268 g/mol. The zero-order valence-electron chi connectivity index (χ0n) is 13.2. The number of hydrogen-bond acceptors (Lipinski definition) is 2. The van der Waals surface area contributed by atoms with Gasteiger partial charge in [0.15, 0.2) is 0 Å². The van der Waals surface area contributed by atoms with Crippen molar-refractivity contribution in [2.75, 3.05) is 16.6 Å². The minimum Gasteiger partial charge on any atom is -0.278 e. The van der Waals surface area contributed by atoms with Crippen LogP contribution in [0.25, 0.3) is 0 Å². The molecule has 1 aliphatic heterocycles. The van der Waals surface area contributed by atoms with E-state index in [1.807, 2.05) is 0 Å². The van der Waals surface area contributed by atoms with Crippen LogP contribution in [0.15, 0.2) is 73.0 Å². The number of rotatable bonds is 3. The highest BCUT2D eigenvalue weighted by atomic mass is 15.6. The molecule has 0 unspecified atom stereocenters. The van der Waals surface area contributed by atoms with Crippen LogP contribution in [0.4, 0.5) is 11.4 Å². The predicted octanol–water partition coefficient (Wildman–Crippen LogP) is 4.87. The van der Waals surface area contributed by atoms with Gasteiger partial charge in [-0.05, 0) is 49.2 Å². The number of nitrogens with zero attached hydrogens (tertiary/aromatic N) is 2. The number of hydrogen-bond donors (Lipinski definition) is 0. The van der Waals surface area contributed by atoms with Crippen LogP contribution < -0.4 is 10.0 Å². The van der Waals surface area contributed by atoms with Gasteiger partial charge < -0.3 is 0 Å². The van der Waals surface area contributed by atoms with Gasteiger partial charge >= 0.3 is 0 Å². The van der Waals surface area contributed by atoms with Crippen LogP contribution in [0.5, 0.6) is 0 Å². The van der Waals surface area contributed by atoms with E-state index in [-0.39, 0.29) is 0 Å². The minimum absolute atomic E-state index is 0.853. The van der Waals surface area contributed by atoms with Crippen molar-refractivity contribution in [1.82, 2.24) is 0 Å². The summed E-state index contributed by atoms with van der Waals surface area (Å²) in [5.74, 6) is 0. The molecule has 0 saturated heterocycles. The highest BCUT2D eigenvalue weighted by Gasteiger charge is 2.15. The van der Waals surface area contributed by atoms with Crippen molar-refractivity contribution in [3.05, 3.63) is 84.1 Å². The molecule has 0 bridgehead atoms. The van der Waals surface area contributed by atoms with Gasteiger partial charge in [0.05, 0.1) is 17.9 Å². The lowest BCUT2D eigenvalue weighted by Crippen LogP contribution is -2.39. The number of allylic oxidation sites excluding steroid dienone is 2. The lowest BCUT2D eigenvalue weighted by atomic mass is 10.1. The summed E-state index contributed by atoms with van der Waals surface area (Å²) in [6, 6.07) is 17.5. The number of benzene rings is 2. The molecule has 0 amide bonds. The van der Waals surface area contributed by atoms with Gasteiger partial charge in [-0.3, -0.25) is 10.0 Å². The molecular formula is C20H22N2. The maximum Gasteiger partial charge on any atom is 0.0626 e. The first kappa shape index (κ1) is 14.5. The van der Waals surface area contributed by atoms with E-state index in [0.29, 0.717) is 0 Å². The van der Waals surface area contributed by atoms with Crippen LogP contribution >= 0.6 is 0 Å². The van der Waals surface area contributed by atoms with E-state index in [1.165, 1.54) is 22.5 Å². The van der Waals surface area contributed by atoms with Gasteiger partial charge in [0.1, 0.15) is 0 Å². The van der Waals surface area contributed by atoms with Crippen molar-refractivity contribution in [2.45, 2.75) is 20.3 Å². The molecule has 1 heterocycles. The summed E-state index contributed by atoms with van der Waals surface area (Å²) in [5.41, 5.74) is 5.02. The summed E-state index contributed by atoms with van der Waals surface area (Å²) in [4.78, 5) is 0. The maximum atomic E-state index is 2.28. The summed E-state index contributed by atoms with van der Waals surface area (Å²) in [7, 11) is 0. The molecule has 0 spiro atoms. The third-order valence-electron chi connectivity index (χ3n) is 3.95. The zero-order valence-corrected chi connectivity index (χ0v) is 13.2. The number of anilines is 2. The summed E-state index contributed by atoms with van der Waals surface area (Å²) >= 11 is 0. The maximum absolute atomic E-state index is 2.28. The molecule has 2 aromatic carbocycles. The molecule has 2 heteroatoms. The molecule has 2 nitrogen and oxygen atoms in total. The molecule has 112 valence electrons. The Morgan fingerprint density at radius 3 is 2.23 bits per heavy atom. The van der Waals surface area contributed by atoms with Gasteiger partial charge in [-0.25, -0.2) is 0 Å². The Labute approximate surface area is 133 Å². The van der Waals surface area contributed by atoms with E-state index >= 15 is 0 Å². The SMILES string of the molecule is CCc1ccc(N2C=CC=CCN2c2ccc(C)cc2)cc1. The molecule has 0 saturated carbocycles. The standard InChI is InChI=1S/C20H22N2/c1-3-18-9-13-20(14-10-18)22-16-6-4-5-15-21(22)19-11-7-17(2)8-12-19/h4-14,16H,3,15H2,1-2H3. The predicted molar refractivity (Wildman–Crippen MR) is 95.1 cm³/mol. The average molecular weight is 290 g/mol. The fourth-order valence-electron chi connectivity index (χ4n) is 2.60. The highest BCUT2D eigenvalue weighted by molar-refractivity contribution is 5.61. The van der Waals surface area contributed by atoms with Crippen molar-refractivity contribution in [3.8, 4) is 0 Å². The third kappa shape index (κ3) is 3.06. The molecule has 1 aliphatic rings. The summed E-state index contributed by atoms with van der Waals surface area (Å²) in [5, 5.41) is 4.49. The monoisotopic (exact) mass is 290 g/mol. The molecule has 0 aliphatic carbocycles. The van der Waals surface area contributed by atoms with Crippen molar-refractivity contribution in [2.24, 2.45) is 0 Å². The average Bonchev–Trinajstić information content (AvgIpc) is 2.81. The Morgan fingerprint density at radius 2 is 1.55 bits per heavy atom. The summed E-state index contributed by atoms with van der Waals surface area (Å²) in [6.07, 6.45) is 9.55. The van der Waals surface area contributed by atoms with Gasteiger partial charge in [0.25, 0.3) is 0 Å². The lowest BCUT2D eigenvalue weighted by molar-refractivity contribution is 0.879. The smallest absolute Gasteiger partial charge is 0.0626 e. The van der Waals surface area contributed by atoms with Crippen LogP contribution in [0.2, 0.25) is 0 Å². The Kier molecular flexibility index (Phi) is 4.29. The van der Waals surface area contributed by atoms with Crippen LogP contribution in [-0.4, -0.2) is 6.54 Å². The minimum atomic E-state index is 0.853. The lowest BCUT2D eigenvalue weighted by Gasteiger charge is -2.34. The second kappa shape index (κ2) is 6.52. The van der Waals surface area contributed by atoms with E-state index in [1.54, 1.807) is 0 Å². The highest BCUT2D eigenvalue weighted by Crippen LogP contribution is 2.25. The first-order valence-electron chi connectivity index (χ1n) is 7.83. The summed E-state index contributed by atoms with van der Waals surface area (Å²) < 4.78 is 0. The van der Waals surface area contributed by atoms with Crippen LogP contribution in [0, 0.1) is 6.92 Å². The van der Waals surface area contributed by atoms with Gasteiger partial charge in [-0.2, -0.15) is 0 Å². The fourth-order valence-corrected chi connectivity index (χ4v) is 2.60. The van der Waals surface area contributed by atoms with E-state index in [0.717, 1.165) is 13.0 Å². The van der Waals surface area contributed by atoms with Crippen molar-refractivity contribution in [3.63, 3.8) is 0 Å². The fraction of sp³-hybridized carbons (Fsp3) is 0.200.